The molecule has 16 heavy (non-hydrogen) atoms. The fourth-order valence-electron chi connectivity index (χ4n) is 2.06. The van der Waals surface area contributed by atoms with E-state index in [0.717, 1.165) is 16.0 Å². The van der Waals surface area contributed by atoms with Crippen LogP contribution in [0.25, 0.3) is 17.7 Å². The molecule has 0 N–H and O–H groups in total. The lowest BCUT2D eigenvalue weighted by molar-refractivity contribution is -0.112. The molecule has 0 aromatic carbocycles. The van der Waals surface area contributed by atoms with E-state index in [9.17, 15) is 4.79 Å². The van der Waals surface area contributed by atoms with Gasteiger partial charge < -0.3 is 4.40 Å². The van der Waals surface area contributed by atoms with Crippen molar-refractivity contribution in [2.75, 3.05) is 0 Å². The third kappa shape index (κ3) is 1.17. The van der Waals surface area contributed by atoms with Gasteiger partial charge in [0.15, 0.2) is 5.78 Å². The maximum atomic E-state index is 11.3. The molecule has 0 unspecified atom stereocenters. The molecular weight excluding hydrogens is 200 g/mol. The van der Waals surface area contributed by atoms with E-state index in [2.05, 4.69) is 6.07 Å². The number of aromatic nitrogens is 1. The van der Waals surface area contributed by atoms with Crippen molar-refractivity contribution < 1.29 is 4.79 Å². The molecule has 2 heterocycles. The SMILES string of the molecule is N#Cc1cc2c3c(ccn2c1)=CC(=O)CC=3. The third-order valence-corrected chi connectivity index (χ3v) is 2.80. The fourth-order valence-corrected chi connectivity index (χ4v) is 2.06. The van der Waals surface area contributed by atoms with Crippen LogP contribution in [0.5, 0.6) is 0 Å². The molecule has 0 amide bonds. The minimum atomic E-state index is 0.129. The summed E-state index contributed by atoms with van der Waals surface area (Å²) in [6.07, 6.45) is 7.69. The summed E-state index contributed by atoms with van der Waals surface area (Å²) in [5.41, 5.74) is 1.62. The molecule has 0 radical (unpaired) electrons. The van der Waals surface area contributed by atoms with Gasteiger partial charge in [-0.15, -0.1) is 0 Å². The summed E-state index contributed by atoms with van der Waals surface area (Å²) in [5, 5.41) is 10.8. The van der Waals surface area contributed by atoms with E-state index in [4.69, 9.17) is 5.26 Å². The van der Waals surface area contributed by atoms with Crippen molar-refractivity contribution >= 4 is 23.5 Å². The van der Waals surface area contributed by atoms with Gasteiger partial charge in [-0.2, -0.15) is 5.26 Å². The van der Waals surface area contributed by atoms with Gasteiger partial charge in [0.1, 0.15) is 6.07 Å². The molecule has 0 spiro atoms. The lowest BCUT2D eigenvalue weighted by Crippen LogP contribution is -2.30. The fraction of sp³-hybridized carbons (Fsp3) is 0.0769. The van der Waals surface area contributed by atoms with E-state index >= 15 is 0 Å². The maximum Gasteiger partial charge on any atom is 0.160 e. The van der Waals surface area contributed by atoms with Crippen molar-refractivity contribution in [1.82, 2.24) is 4.40 Å². The molecule has 76 valence electrons. The Morgan fingerprint density at radius 2 is 2.31 bits per heavy atom. The lowest BCUT2D eigenvalue weighted by Gasteiger charge is -2.01. The Morgan fingerprint density at radius 3 is 3.12 bits per heavy atom. The van der Waals surface area contributed by atoms with Crippen LogP contribution in [0.4, 0.5) is 0 Å². The van der Waals surface area contributed by atoms with Crippen LogP contribution in [-0.2, 0) is 4.79 Å². The van der Waals surface area contributed by atoms with Crippen molar-refractivity contribution in [2.45, 2.75) is 6.42 Å². The van der Waals surface area contributed by atoms with Gasteiger partial charge in [-0.05, 0) is 23.4 Å². The second-order valence-electron chi connectivity index (χ2n) is 3.84. The van der Waals surface area contributed by atoms with E-state index in [0.29, 0.717) is 12.0 Å². The van der Waals surface area contributed by atoms with Gasteiger partial charge in [0.25, 0.3) is 0 Å². The molecule has 3 nitrogen and oxygen atoms in total. The monoisotopic (exact) mass is 208 g/mol. The number of carbonyl (C=O) groups excluding carboxylic acids is 1. The lowest BCUT2D eigenvalue weighted by atomic mass is 10.1. The Kier molecular flexibility index (Phi) is 1.72. The number of ketones is 1. The van der Waals surface area contributed by atoms with E-state index < -0.39 is 0 Å². The average molecular weight is 208 g/mol. The van der Waals surface area contributed by atoms with E-state index in [-0.39, 0.29) is 5.78 Å². The largest absolute Gasteiger partial charge is 0.322 e. The van der Waals surface area contributed by atoms with Gasteiger partial charge in [-0.1, -0.05) is 6.08 Å². The number of fused-ring (bicyclic) bond motifs is 3. The highest BCUT2D eigenvalue weighted by Crippen LogP contribution is 2.04. The zero-order valence-electron chi connectivity index (χ0n) is 8.47. The molecule has 0 aliphatic heterocycles. The van der Waals surface area contributed by atoms with E-state index in [1.807, 2.05) is 28.8 Å². The number of hydrogen-bond acceptors (Lipinski definition) is 2. The Morgan fingerprint density at radius 1 is 1.44 bits per heavy atom. The number of nitrogens with zero attached hydrogens (tertiary/aromatic N) is 2. The molecule has 3 rings (SSSR count). The molecule has 1 aliphatic rings. The molecule has 0 fully saturated rings. The Bertz CT molecular complexity index is 760. The van der Waals surface area contributed by atoms with Crippen LogP contribution in [0.15, 0.2) is 24.5 Å². The van der Waals surface area contributed by atoms with Crippen LogP contribution in [0.2, 0.25) is 0 Å². The maximum absolute atomic E-state index is 11.3. The highest BCUT2D eigenvalue weighted by molar-refractivity contribution is 6.09. The average Bonchev–Trinajstić information content (AvgIpc) is 2.71. The second kappa shape index (κ2) is 3.07. The van der Waals surface area contributed by atoms with Gasteiger partial charge in [0.2, 0.25) is 0 Å². The van der Waals surface area contributed by atoms with Crippen molar-refractivity contribution in [3.8, 4) is 6.07 Å². The van der Waals surface area contributed by atoms with Gasteiger partial charge >= 0.3 is 0 Å². The van der Waals surface area contributed by atoms with Crippen LogP contribution in [0, 0.1) is 11.3 Å². The Labute approximate surface area is 91.5 Å². The van der Waals surface area contributed by atoms with Gasteiger partial charge in [-0.3, -0.25) is 4.79 Å². The summed E-state index contributed by atoms with van der Waals surface area (Å²) < 4.78 is 1.91. The smallest absolute Gasteiger partial charge is 0.160 e. The number of nitriles is 1. The first-order valence-corrected chi connectivity index (χ1v) is 5.03. The van der Waals surface area contributed by atoms with Gasteiger partial charge in [-0.25, -0.2) is 0 Å². The van der Waals surface area contributed by atoms with Crippen LogP contribution >= 0.6 is 0 Å². The number of Topliss-reactive ketones (excluding diaryl/α,β-unsaturated/α-hetero) is 1. The first-order chi connectivity index (χ1) is 7.78. The van der Waals surface area contributed by atoms with Crippen LogP contribution < -0.4 is 10.4 Å². The highest BCUT2D eigenvalue weighted by atomic mass is 16.1. The number of carbonyl (C=O) groups is 1. The number of hydrogen-bond donors (Lipinski definition) is 0. The van der Waals surface area contributed by atoms with Crippen molar-refractivity contribution in [2.24, 2.45) is 0 Å². The summed E-state index contributed by atoms with van der Waals surface area (Å²) >= 11 is 0. The van der Waals surface area contributed by atoms with E-state index in [1.54, 1.807) is 12.3 Å². The molecule has 0 saturated heterocycles. The predicted molar refractivity (Wildman–Crippen MR) is 59.9 cm³/mol. The van der Waals surface area contributed by atoms with Crippen LogP contribution in [-0.4, -0.2) is 10.2 Å². The molecule has 2 aromatic heterocycles. The molecule has 1 aliphatic carbocycles. The highest BCUT2D eigenvalue weighted by Gasteiger charge is 2.05. The minimum absolute atomic E-state index is 0.129. The zero-order valence-corrected chi connectivity index (χ0v) is 8.47. The second-order valence-corrected chi connectivity index (χ2v) is 3.84. The molecular formula is C13H8N2O. The number of pyridine rings is 1. The molecule has 0 atom stereocenters. The normalized spacial score (nSPS) is 13.8. The molecule has 0 bridgehead atoms. The third-order valence-electron chi connectivity index (χ3n) is 2.80. The topological polar surface area (TPSA) is 45.3 Å². The standard InChI is InChI=1S/C13H8N2O/c14-7-9-5-13-12-2-1-11(16)6-10(12)3-4-15(13)8-9/h2-6,8H,1H2. The molecule has 2 aromatic rings. The zero-order chi connectivity index (χ0) is 11.1. The van der Waals surface area contributed by atoms with Crippen molar-refractivity contribution in [3.05, 3.63) is 40.5 Å². The minimum Gasteiger partial charge on any atom is -0.322 e. The Hall–Kier alpha value is -2.34. The van der Waals surface area contributed by atoms with Gasteiger partial charge in [0, 0.05) is 24.0 Å². The van der Waals surface area contributed by atoms with Crippen LogP contribution in [0.3, 0.4) is 0 Å². The summed E-state index contributed by atoms with van der Waals surface area (Å²) in [6, 6.07) is 5.87. The summed E-state index contributed by atoms with van der Waals surface area (Å²) in [6.45, 7) is 0. The molecule has 3 heteroatoms. The molecule has 0 saturated carbocycles. The first kappa shape index (κ1) is 8.93. The summed E-state index contributed by atoms with van der Waals surface area (Å²) in [7, 11) is 0. The summed E-state index contributed by atoms with van der Waals surface area (Å²) in [5.74, 6) is 0.129. The van der Waals surface area contributed by atoms with Crippen LogP contribution in [0.1, 0.15) is 12.0 Å². The van der Waals surface area contributed by atoms with Crippen molar-refractivity contribution in [1.29, 1.82) is 5.26 Å². The predicted octanol–water partition coefficient (Wildman–Crippen LogP) is 0.345. The van der Waals surface area contributed by atoms with Gasteiger partial charge in [0.05, 0.1) is 11.1 Å². The quantitative estimate of drug-likeness (QED) is 0.627. The summed E-state index contributed by atoms with van der Waals surface area (Å²) in [4.78, 5) is 11.3. The first-order valence-electron chi connectivity index (χ1n) is 5.03. The Balaban J connectivity index is 2.51. The van der Waals surface area contributed by atoms with E-state index in [1.165, 1.54) is 0 Å². The number of rotatable bonds is 0. The van der Waals surface area contributed by atoms with Crippen molar-refractivity contribution in [3.63, 3.8) is 0 Å².